The largest absolute Gasteiger partial charge is 0.497 e. The van der Waals surface area contributed by atoms with Crippen LogP contribution in [0.25, 0.3) is 0 Å². The highest BCUT2D eigenvalue weighted by molar-refractivity contribution is 5.29. The van der Waals surface area contributed by atoms with Crippen molar-refractivity contribution in [3.05, 3.63) is 29.8 Å². The quantitative estimate of drug-likeness (QED) is 0.873. The summed E-state index contributed by atoms with van der Waals surface area (Å²) in [5, 5.41) is 3.53. The molecule has 2 nitrogen and oxygen atoms in total. The van der Waals surface area contributed by atoms with Gasteiger partial charge in [0.15, 0.2) is 0 Å². The van der Waals surface area contributed by atoms with E-state index in [9.17, 15) is 0 Å². The van der Waals surface area contributed by atoms with E-state index in [0.717, 1.165) is 24.0 Å². The van der Waals surface area contributed by atoms with Crippen molar-refractivity contribution in [2.24, 2.45) is 11.8 Å². The van der Waals surface area contributed by atoms with Gasteiger partial charge in [0.2, 0.25) is 0 Å². The minimum atomic E-state index is 0.597. The number of benzene rings is 1. The summed E-state index contributed by atoms with van der Waals surface area (Å²) in [5.41, 5.74) is 1.37. The van der Waals surface area contributed by atoms with Crippen molar-refractivity contribution >= 4 is 0 Å². The Morgan fingerprint density at radius 1 is 1.26 bits per heavy atom. The Hall–Kier alpha value is -1.02. The molecule has 1 saturated carbocycles. The molecular formula is C17H27NO. The van der Waals surface area contributed by atoms with Crippen LogP contribution in [-0.2, 0) is 6.42 Å². The van der Waals surface area contributed by atoms with E-state index in [1.807, 2.05) is 6.07 Å². The second kappa shape index (κ2) is 6.95. The van der Waals surface area contributed by atoms with Crippen LogP contribution >= 0.6 is 0 Å². The Bertz CT molecular complexity index is 383. The van der Waals surface area contributed by atoms with Crippen molar-refractivity contribution in [2.75, 3.05) is 14.2 Å². The number of methoxy groups -OCH3 is 1. The van der Waals surface area contributed by atoms with Crippen LogP contribution in [0.5, 0.6) is 5.75 Å². The number of nitrogens with one attached hydrogen (secondary N) is 1. The Labute approximate surface area is 117 Å². The SMILES string of the molecule is CNC(Cc1cccc(OC)c1)C1CCC(C)CC1. The molecule has 0 radical (unpaired) electrons. The van der Waals surface area contributed by atoms with Crippen LogP contribution in [0.15, 0.2) is 24.3 Å². The second-order valence-electron chi connectivity index (χ2n) is 5.97. The van der Waals surface area contributed by atoms with Gasteiger partial charge in [0.05, 0.1) is 7.11 Å². The summed E-state index contributed by atoms with van der Waals surface area (Å²) < 4.78 is 5.31. The van der Waals surface area contributed by atoms with E-state index < -0.39 is 0 Å². The average Bonchev–Trinajstić information content (AvgIpc) is 2.46. The van der Waals surface area contributed by atoms with Crippen molar-refractivity contribution in [3.8, 4) is 5.75 Å². The number of hydrogen-bond donors (Lipinski definition) is 1. The predicted molar refractivity (Wildman–Crippen MR) is 80.7 cm³/mol. The molecule has 1 aromatic carbocycles. The molecule has 106 valence electrons. The van der Waals surface area contributed by atoms with Gasteiger partial charge < -0.3 is 10.1 Å². The summed E-state index contributed by atoms with van der Waals surface area (Å²) in [5.74, 6) is 2.71. The monoisotopic (exact) mass is 261 g/mol. The first-order valence-electron chi connectivity index (χ1n) is 7.53. The zero-order chi connectivity index (χ0) is 13.7. The van der Waals surface area contributed by atoms with Crippen LogP contribution in [-0.4, -0.2) is 20.2 Å². The maximum absolute atomic E-state index is 5.31. The van der Waals surface area contributed by atoms with Crippen molar-refractivity contribution in [2.45, 2.75) is 45.1 Å². The van der Waals surface area contributed by atoms with E-state index in [0.29, 0.717) is 6.04 Å². The van der Waals surface area contributed by atoms with Gasteiger partial charge in [-0.15, -0.1) is 0 Å². The first-order valence-corrected chi connectivity index (χ1v) is 7.53. The third kappa shape index (κ3) is 3.97. The molecule has 0 aromatic heterocycles. The van der Waals surface area contributed by atoms with E-state index in [1.165, 1.54) is 31.2 Å². The molecule has 2 rings (SSSR count). The predicted octanol–water partition coefficient (Wildman–Crippen LogP) is 3.65. The number of hydrogen-bond acceptors (Lipinski definition) is 2. The lowest BCUT2D eigenvalue weighted by Gasteiger charge is -2.32. The second-order valence-corrected chi connectivity index (χ2v) is 5.97. The van der Waals surface area contributed by atoms with Crippen molar-refractivity contribution in [1.82, 2.24) is 5.32 Å². The fourth-order valence-corrected chi connectivity index (χ4v) is 3.25. The molecule has 1 aliphatic carbocycles. The van der Waals surface area contributed by atoms with Crippen LogP contribution in [0, 0.1) is 11.8 Å². The molecule has 0 amide bonds. The first-order chi connectivity index (χ1) is 9.22. The van der Waals surface area contributed by atoms with E-state index in [1.54, 1.807) is 7.11 Å². The summed E-state index contributed by atoms with van der Waals surface area (Å²) in [6.07, 6.45) is 6.63. The molecule has 1 aromatic rings. The van der Waals surface area contributed by atoms with Gasteiger partial charge >= 0.3 is 0 Å². The molecule has 0 aliphatic heterocycles. The van der Waals surface area contributed by atoms with Gasteiger partial charge in [0, 0.05) is 6.04 Å². The molecule has 1 unspecified atom stereocenters. The minimum absolute atomic E-state index is 0.597. The third-order valence-corrected chi connectivity index (χ3v) is 4.59. The maximum Gasteiger partial charge on any atom is 0.119 e. The van der Waals surface area contributed by atoms with Crippen LogP contribution < -0.4 is 10.1 Å². The molecule has 19 heavy (non-hydrogen) atoms. The first kappa shape index (κ1) is 14.4. The van der Waals surface area contributed by atoms with Crippen LogP contribution in [0.1, 0.15) is 38.2 Å². The van der Waals surface area contributed by atoms with Gasteiger partial charge in [-0.05, 0) is 55.8 Å². The highest BCUT2D eigenvalue weighted by Crippen LogP contribution is 2.31. The fraction of sp³-hybridized carbons (Fsp3) is 0.647. The molecule has 1 N–H and O–H groups in total. The highest BCUT2D eigenvalue weighted by atomic mass is 16.5. The molecule has 0 heterocycles. The minimum Gasteiger partial charge on any atom is -0.497 e. The summed E-state index contributed by atoms with van der Waals surface area (Å²) >= 11 is 0. The molecule has 0 saturated heterocycles. The zero-order valence-electron chi connectivity index (χ0n) is 12.5. The van der Waals surface area contributed by atoms with E-state index >= 15 is 0 Å². The van der Waals surface area contributed by atoms with Gasteiger partial charge in [-0.3, -0.25) is 0 Å². The lowest BCUT2D eigenvalue weighted by molar-refractivity contribution is 0.235. The smallest absolute Gasteiger partial charge is 0.119 e. The van der Waals surface area contributed by atoms with E-state index in [-0.39, 0.29) is 0 Å². The summed E-state index contributed by atoms with van der Waals surface area (Å²) in [6, 6.07) is 9.07. The summed E-state index contributed by atoms with van der Waals surface area (Å²) in [6.45, 7) is 2.38. The van der Waals surface area contributed by atoms with Crippen molar-refractivity contribution < 1.29 is 4.74 Å². The number of ether oxygens (including phenoxy) is 1. The van der Waals surface area contributed by atoms with Crippen LogP contribution in [0.3, 0.4) is 0 Å². The molecule has 1 atom stereocenters. The lowest BCUT2D eigenvalue weighted by atomic mass is 9.78. The number of rotatable bonds is 5. The fourth-order valence-electron chi connectivity index (χ4n) is 3.25. The number of likely N-dealkylation sites (N-methyl/N-ethyl adjacent to an activating group) is 1. The molecule has 2 heteroatoms. The van der Waals surface area contributed by atoms with Crippen LogP contribution in [0.4, 0.5) is 0 Å². The van der Waals surface area contributed by atoms with Gasteiger partial charge in [-0.1, -0.05) is 31.9 Å². The highest BCUT2D eigenvalue weighted by Gasteiger charge is 2.25. The lowest BCUT2D eigenvalue weighted by Crippen LogP contribution is -2.37. The molecular weight excluding hydrogens is 234 g/mol. The Morgan fingerprint density at radius 3 is 2.63 bits per heavy atom. The van der Waals surface area contributed by atoms with Gasteiger partial charge in [0.1, 0.15) is 5.75 Å². The Kier molecular flexibility index (Phi) is 5.26. The molecule has 0 bridgehead atoms. The normalized spacial score (nSPS) is 25.0. The van der Waals surface area contributed by atoms with E-state index in [2.05, 4.69) is 37.5 Å². The average molecular weight is 261 g/mol. The molecule has 1 aliphatic rings. The van der Waals surface area contributed by atoms with Crippen molar-refractivity contribution in [3.63, 3.8) is 0 Å². The molecule has 1 fully saturated rings. The zero-order valence-corrected chi connectivity index (χ0v) is 12.5. The third-order valence-electron chi connectivity index (χ3n) is 4.59. The summed E-state index contributed by atoms with van der Waals surface area (Å²) in [7, 11) is 3.83. The standard InChI is InChI=1S/C17H27NO/c1-13-7-9-15(10-8-13)17(18-2)12-14-5-4-6-16(11-14)19-3/h4-6,11,13,15,17-18H,7-10,12H2,1-3H3. The Morgan fingerprint density at radius 2 is 2.00 bits per heavy atom. The van der Waals surface area contributed by atoms with Gasteiger partial charge in [-0.2, -0.15) is 0 Å². The maximum atomic E-state index is 5.31. The Balaban J connectivity index is 1.98. The van der Waals surface area contributed by atoms with Crippen LogP contribution in [0.2, 0.25) is 0 Å². The van der Waals surface area contributed by atoms with Gasteiger partial charge in [0.25, 0.3) is 0 Å². The van der Waals surface area contributed by atoms with Crippen molar-refractivity contribution in [1.29, 1.82) is 0 Å². The van der Waals surface area contributed by atoms with Gasteiger partial charge in [-0.25, -0.2) is 0 Å². The van der Waals surface area contributed by atoms with E-state index in [4.69, 9.17) is 4.74 Å². The topological polar surface area (TPSA) is 21.3 Å². The molecule has 0 spiro atoms. The summed E-state index contributed by atoms with van der Waals surface area (Å²) in [4.78, 5) is 0.